The van der Waals surface area contributed by atoms with Crippen molar-refractivity contribution in [2.24, 2.45) is 0 Å². The van der Waals surface area contributed by atoms with E-state index in [1.54, 1.807) is 0 Å². The highest BCUT2D eigenvalue weighted by atomic mass is 16.5. The maximum atomic E-state index is 5.96. The highest BCUT2D eigenvalue weighted by Gasteiger charge is 2.03. The summed E-state index contributed by atoms with van der Waals surface area (Å²) >= 11 is 0. The molecule has 0 saturated carbocycles. The fourth-order valence-electron chi connectivity index (χ4n) is 2.28. The molecule has 0 aliphatic heterocycles. The Hall–Kier alpha value is -1.80. The van der Waals surface area contributed by atoms with Gasteiger partial charge in [0.25, 0.3) is 0 Å². The summed E-state index contributed by atoms with van der Waals surface area (Å²) in [7, 11) is 0. The number of nitrogens with one attached hydrogen (secondary N) is 1. The molecule has 2 heteroatoms. The lowest BCUT2D eigenvalue weighted by atomic mass is 10.1. The van der Waals surface area contributed by atoms with Crippen molar-refractivity contribution in [3.8, 4) is 5.75 Å². The summed E-state index contributed by atoms with van der Waals surface area (Å²) in [6.07, 6.45) is 1.16. The minimum absolute atomic E-state index is 0.617. The molecule has 0 aliphatic rings. The van der Waals surface area contributed by atoms with Crippen LogP contribution in [0.2, 0.25) is 0 Å². The molecule has 0 saturated heterocycles. The summed E-state index contributed by atoms with van der Waals surface area (Å²) in [5.41, 5.74) is 5.01. The predicted molar refractivity (Wildman–Crippen MR) is 88.7 cm³/mol. The van der Waals surface area contributed by atoms with Crippen molar-refractivity contribution in [1.29, 1.82) is 0 Å². The van der Waals surface area contributed by atoms with E-state index in [1.165, 1.54) is 22.3 Å². The van der Waals surface area contributed by atoms with Crippen LogP contribution in [0.5, 0.6) is 5.75 Å². The number of aryl methyl sites for hydroxylation is 1. The Balaban J connectivity index is 1.96. The Morgan fingerprint density at radius 1 is 1.00 bits per heavy atom. The van der Waals surface area contributed by atoms with Gasteiger partial charge in [-0.1, -0.05) is 43.3 Å². The van der Waals surface area contributed by atoms with E-state index in [-0.39, 0.29) is 0 Å². The summed E-state index contributed by atoms with van der Waals surface area (Å²) in [5, 5.41) is 3.43. The third-order valence-corrected chi connectivity index (χ3v) is 3.70. The number of benzene rings is 2. The monoisotopic (exact) mass is 283 g/mol. The van der Waals surface area contributed by atoms with Crippen molar-refractivity contribution in [3.05, 3.63) is 64.7 Å². The van der Waals surface area contributed by atoms with Crippen molar-refractivity contribution in [2.75, 3.05) is 6.54 Å². The van der Waals surface area contributed by atoms with Crippen molar-refractivity contribution >= 4 is 0 Å². The first kappa shape index (κ1) is 15.6. The van der Waals surface area contributed by atoms with E-state index in [9.17, 15) is 0 Å². The number of ether oxygens (including phenoxy) is 1. The van der Waals surface area contributed by atoms with Gasteiger partial charge in [-0.2, -0.15) is 0 Å². The zero-order valence-corrected chi connectivity index (χ0v) is 13.3. The van der Waals surface area contributed by atoms with Gasteiger partial charge in [0, 0.05) is 6.54 Å². The van der Waals surface area contributed by atoms with E-state index in [4.69, 9.17) is 4.74 Å². The average molecular weight is 283 g/mol. The van der Waals surface area contributed by atoms with Gasteiger partial charge in [-0.15, -0.1) is 0 Å². The summed E-state index contributed by atoms with van der Waals surface area (Å²) < 4.78 is 5.96. The quantitative estimate of drug-likeness (QED) is 0.761. The molecule has 0 bridgehead atoms. The topological polar surface area (TPSA) is 21.3 Å². The maximum absolute atomic E-state index is 5.96. The zero-order chi connectivity index (χ0) is 15.1. The highest BCUT2D eigenvalue weighted by Crippen LogP contribution is 2.21. The molecule has 0 unspecified atom stereocenters. The summed E-state index contributed by atoms with van der Waals surface area (Å²) in [6.45, 7) is 9.00. The normalized spacial score (nSPS) is 10.6. The van der Waals surface area contributed by atoms with Gasteiger partial charge < -0.3 is 10.1 Å². The summed E-state index contributed by atoms with van der Waals surface area (Å²) in [4.78, 5) is 0. The average Bonchev–Trinajstić information content (AvgIpc) is 2.50. The molecule has 0 spiro atoms. The van der Waals surface area contributed by atoms with Gasteiger partial charge in [0.1, 0.15) is 12.4 Å². The predicted octanol–water partition coefficient (Wildman–Crippen LogP) is 4.38. The highest BCUT2D eigenvalue weighted by molar-refractivity contribution is 5.38. The molecule has 0 fully saturated rings. The molecule has 2 rings (SSSR count). The van der Waals surface area contributed by atoms with Crippen LogP contribution in [-0.2, 0) is 13.2 Å². The molecule has 2 nitrogen and oxygen atoms in total. The lowest BCUT2D eigenvalue weighted by Crippen LogP contribution is -2.13. The van der Waals surface area contributed by atoms with Gasteiger partial charge in [0.15, 0.2) is 0 Å². The Kier molecular flexibility index (Phi) is 5.82. The Bertz CT molecular complexity index is 578. The molecule has 0 radical (unpaired) electrons. The number of rotatable bonds is 7. The van der Waals surface area contributed by atoms with Gasteiger partial charge in [-0.25, -0.2) is 0 Å². The van der Waals surface area contributed by atoms with Crippen molar-refractivity contribution in [2.45, 2.75) is 40.3 Å². The third kappa shape index (κ3) is 4.61. The first-order chi connectivity index (χ1) is 10.2. The maximum Gasteiger partial charge on any atom is 0.122 e. The molecule has 0 aromatic heterocycles. The van der Waals surface area contributed by atoms with Crippen molar-refractivity contribution in [1.82, 2.24) is 5.32 Å². The van der Waals surface area contributed by atoms with Gasteiger partial charge in [-0.05, 0) is 55.1 Å². The zero-order valence-electron chi connectivity index (χ0n) is 13.3. The van der Waals surface area contributed by atoms with Gasteiger partial charge in [0.2, 0.25) is 0 Å². The standard InChI is InChI=1S/C19H25NO/c1-4-11-20-13-17-8-6-9-18(12-17)14-21-19-10-5-7-15(2)16(19)3/h5-10,12,20H,4,11,13-14H2,1-3H3. The lowest BCUT2D eigenvalue weighted by molar-refractivity contribution is 0.303. The molecule has 112 valence electrons. The molecular formula is C19H25NO. The van der Waals surface area contributed by atoms with Gasteiger partial charge >= 0.3 is 0 Å². The molecule has 0 amide bonds. The van der Waals surface area contributed by atoms with E-state index < -0.39 is 0 Å². The minimum atomic E-state index is 0.617. The van der Waals surface area contributed by atoms with Crippen LogP contribution in [0.1, 0.15) is 35.6 Å². The smallest absolute Gasteiger partial charge is 0.122 e. The molecule has 2 aromatic carbocycles. The van der Waals surface area contributed by atoms with Crippen molar-refractivity contribution < 1.29 is 4.74 Å². The van der Waals surface area contributed by atoms with Crippen LogP contribution in [0.4, 0.5) is 0 Å². The van der Waals surface area contributed by atoms with E-state index in [2.05, 4.69) is 56.4 Å². The SMILES string of the molecule is CCCNCc1cccc(COc2cccc(C)c2C)c1. The van der Waals surface area contributed by atoms with E-state index in [0.29, 0.717) is 6.61 Å². The molecular weight excluding hydrogens is 258 g/mol. The van der Waals surface area contributed by atoms with E-state index in [0.717, 1.165) is 25.3 Å². The number of hydrogen-bond acceptors (Lipinski definition) is 2. The van der Waals surface area contributed by atoms with Crippen molar-refractivity contribution in [3.63, 3.8) is 0 Å². The fraction of sp³-hybridized carbons (Fsp3) is 0.368. The summed E-state index contributed by atoms with van der Waals surface area (Å²) in [5.74, 6) is 0.976. The lowest BCUT2D eigenvalue weighted by Gasteiger charge is -2.12. The first-order valence-electron chi connectivity index (χ1n) is 7.68. The van der Waals surface area contributed by atoms with E-state index in [1.807, 2.05) is 12.1 Å². The first-order valence-corrected chi connectivity index (χ1v) is 7.68. The minimum Gasteiger partial charge on any atom is -0.489 e. The molecule has 0 aliphatic carbocycles. The molecule has 21 heavy (non-hydrogen) atoms. The van der Waals surface area contributed by atoms with Crippen LogP contribution in [0, 0.1) is 13.8 Å². The van der Waals surface area contributed by atoms with Crippen LogP contribution >= 0.6 is 0 Å². The fourth-order valence-corrected chi connectivity index (χ4v) is 2.28. The van der Waals surface area contributed by atoms with Crippen LogP contribution in [0.3, 0.4) is 0 Å². The molecule has 1 N–H and O–H groups in total. The second kappa shape index (κ2) is 7.84. The Morgan fingerprint density at radius 3 is 2.57 bits per heavy atom. The Labute approximate surface area is 128 Å². The van der Waals surface area contributed by atoms with Crippen LogP contribution < -0.4 is 10.1 Å². The van der Waals surface area contributed by atoms with E-state index >= 15 is 0 Å². The second-order valence-corrected chi connectivity index (χ2v) is 5.48. The Morgan fingerprint density at radius 2 is 1.76 bits per heavy atom. The molecule has 0 atom stereocenters. The molecule has 0 heterocycles. The second-order valence-electron chi connectivity index (χ2n) is 5.48. The van der Waals surface area contributed by atoms with Crippen LogP contribution in [0.15, 0.2) is 42.5 Å². The van der Waals surface area contributed by atoms with Crippen LogP contribution in [-0.4, -0.2) is 6.54 Å². The van der Waals surface area contributed by atoms with Gasteiger partial charge in [0.05, 0.1) is 0 Å². The third-order valence-electron chi connectivity index (χ3n) is 3.70. The molecule has 2 aromatic rings. The van der Waals surface area contributed by atoms with Gasteiger partial charge in [-0.3, -0.25) is 0 Å². The summed E-state index contributed by atoms with van der Waals surface area (Å²) in [6, 6.07) is 14.8. The largest absolute Gasteiger partial charge is 0.489 e. The number of hydrogen-bond donors (Lipinski definition) is 1. The van der Waals surface area contributed by atoms with Crippen LogP contribution in [0.25, 0.3) is 0 Å².